The van der Waals surface area contributed by atoms with Crippen molar-refractivity contribution in [2.75, 3.05) is 32.8 Å². The first-order valence-corrected chi connectivity index (χ1v) is 11.9. The molecule has 2 aromatic carbocycles. The van der Waals surface area contributed by atoms with Gasteiger partial charge < -0.3 is 9.64 Å². The van der Waals surface area contributed by atoms with Crippen molar-refractivity contribution in [2.24, 2.45) is 5.92 Å². The number of carbonyl (C=O) groups is 1. The Morgan fingerprint density at radius 1 is 1.00 bits per heavy atom. The minimum absolute atomic E-state index is 0.209. The lowest BCUT2D eigenvalue weighted by molar-refractivity contribution is -0.133. The van der Waals surface area contributed by atoms with Gasteiger partial charge in [-0.1, -0.05) is 54.6 Å². The van der Waals surface area contributed by atoms with E-state index >= 15 is 0 Å². The maximum absolute atomic E-state index is 13.2. The van der Waals surface area contributed by atoms with Crippen molar-refractivity contribution < 1.29 is 9.53 Å². The first-order valence-electron chi connectivity index (χ1n) is 11.9. The van der Waals surface area contributed by atoms with Gasteiger partial charge in [-0.25, -0.2) is 0 Å². The summed E-state index contributed by atoms with van der Waals surface area (Å²) in [5, 5.41) is 0. The van der Waals surface area contributed by atoms with Crippen molar-refractivity contribution in [3.63, 3.8) is 0 Å². The van der Waals surface area contributed by atoms with Crippen LogP contribution in [-0.4, -0.2) is 54.6 Å². The summed E-state index contributed by atoms with van der Waals surface area (Å²) in [6.07, 6.45) is 5.20. The van der Waals surface area contributed by atoms with E-state index in [0.29, 0.717) is 12.3 Å². The summed E-state index contributed by atoms with van der Waals surface area (Å²) in [7, 11) is 0. The molecule has 4 rings (SSSR count). The van der Waals surface area contributed by atoms with Crippen molar-refractivity contribution in [3.05, 3.63) is 71.3 Å². The maximum Gasteiger partial charge on any atom is 0.227 e. The van der Waals surface area contributed by atoms with E-state index in [4.69, 9.17) is 4.74 Å². The van der Waals surface area contributed by atoms with Crippen molar-refractivity contribution in [1.82, 2.24) is 9.80 Å². The van der Waals surface area contributed by atoms with Crippen LogP contribution in [-0.2, 0) is 22.5 Å². The highest BCUT2D eigenvalue weighted by Gasteiger charge is 2.27. The Morgan fingerprint density at radius 3 is 2.45 bits per heavy atom. The Labute approximate surface area is 187 Å². The van der Waals surface area contributed by atoms with E-state index in [1.54, 1.807) is 0 Å². The number of carbonyl (C=O) groups excluding carboxylic acids is 1. The Hall–Kier alpha value is -2.17. The van der Waals surface area contributed by atoms with Crippen LogP contribution in [0.3, 0.4) is 0 Å². The van der Waals surface area contributed by atoms with Crippen LogP contribution in [0.4, 0.5) is 0 Å². The standard InChI is InChI=1S/C27H36N2O2/c1-22-8-5-6-11-25(22)20-28-15-13-24(14-16-28)19-29(21-26-12-7-17-31-26)27(30)18-23-9-3-2-4-10-23/h2-6,8-11,24,26H,7,12-21H2,1H3/t26-/m1/s1. The van der Waals surface area contributed by atoms with Crippen LogP contribution in [0, 0.1) is 12.8 Å². The molecule has 2 aliphatic heterocycles. The third-order valence-corrected chi connectivity index (χ3v) is 6.84. The molecule has 0 N–H and O–H groups in total. The van der Waals surface area contributed by atoms with Crippen LogP contribution >= 0.6 is 0 Å². The quantitative estimate of drug-likeness (QED) is 0.632. The zero-order valence-electron chi connectivity index (χ0n) is 18.8. The number of ether oxygens (including phenoxy) is 1. The first kappa shape index (κ1) is 22.0. The van der Waals surface area contributed by atoms with E-state index in [0.717, 1.165) is 70.6 Å². The van der Waals surface area contributed by atoms with E-state index in [-0.39, 0.29) is 12.0 Å². The second kappa shape index (κ2) is 10.9. The predicted molar refractivity (Wildman–Crippen MR) is 125 cm³/mol. The van der Waals surface area contributed by atoms with Gasteiger partial charge in [0.05, 0.1) is 12.5 Å². The highest BCUT2D eigenvalue weighted by Crippen LogP contribution is 2.23. The molecule has 0 unspecified atom stereocenters. The molecule has 0 spiro atoms. The maximum atomic E-state index is 13.2. The van der Waals surface area contributed by atoms with Gasteiger partial charge in [-0.15, -0.1) is 0 Å². The van der Waals surface area contributed by atoms with Crippen molar-refractivity contribution in [3.8, 4) is 0 Å². The van der Waals surface area contributed by atoms with Crippen molar-refractivity contribution in [2.45, 2.75) is 51.7 Å². The van der Waals surface area contributed by atoms with Crippen LogP contribution in [0.5, 0.6) is 0 Å². The number of benzene rings is 2. The fourth-order valence-electron chi connectivity index (χ4n) is 4.86. The average Bonchev–Trinajstić information content (AvgIpc) is 3.30. The normalized spacial score (nSPS) is 20.1. The van der Waals surface area contributed by atoms with E-state index in [1.807, 2.05) is 30.3 Å². The summed E-state index contributed by atoms with van der Waals surface area (Å²) in [6.45, 7) is 7.90. The number of piperidine rings is 1. The van der Waals surface area contributed by atoms with Crippen molar-refractivity contribution in [1.29, 1.82) is 0 Å². The fraction of sp³-hybridized carbons (Fsp3) is 0.519. The van der Waals surface area contributed by atoms with Gasteiger partial charge in [0.2, 0.25) is 5.91 Å². The third-order valence-electron chi connectivity index (χ3n) is 6.84. The summed E-state index contributed by atoms with van der Waals surface area (Å²) >= 11 is 0. The number of nitrogens with zero attached hydrogens (tertiary/aromatic N) is 2. The molecule has 4 nitrogen and oxygen atoms in total. The molecule has 0 aliphatic carbocycles. The molecule has 0 aromatic heterocycles. The average molecular weight is 421 g/mol. The van der Waals surface area contributed by atoms with Gasteiger partial charge in [-0.05, 0) is 68.3 Å². The molecule has 31 heavy (non-hydrogen) atoms. The van der Waals surface area contributed by atoms with Gasteiger partial charge in [-0.3, -0.25) is 9.69 Å². The summed E-state index contributed by atoms with van der Waals surface area (Å²) in [5.74, 6) is 0.818. The van der Waals surface area contributed by atoms with Crippen LogP contribution in [0.1, 0.15) is 42.4 Å². The molecule has 2 aliphatic rings. The monoisotopic (exact) mass is 420 g/mol. The number of amides is 1. The number of likely N-dealkylation sites (tertiary alicyclic amines) is 1. The van der Waals surface area contributed by atoms with Gasteiger partial charge in [0, 0.05) is 26.2 Å². The van der Waals surface area contributed by atoms with Gasteiger partial charge in [0.25, 0.3) is 0 Å². The number of hydrogen-bond acceptors (Lipinski definition) is 3. The minimum atomic E-state index is 0.209. The van der Waals surface area contributed by atoms with E-state index in [9.17, 15) is 4.79 Å². The van der Waals surface area contributed by atoms with Gasteiger partial charge in [-0.2, -0.15) is 0 Å². The topological polar surface area (TPSA) is 32.8 Å². The van der Waals surface area contributed by atoms with Crippen LogP contribution in [0.2, 0.25) is 0 Å². The first-order chi connectivity index (χ1) is 15.2. The molecule has 1 atom stereocenters. The minimum Gasteiger partial charge on any atom is -0.376 e. The summed E-state index contributed by atoms with van der Waals surface area (Å²) in [4.78, 5) is 17.8. The lowest BCUT2D eigenvalue weighted by Gasteiger charge is -2.36. The zero-order valence-corrected chi connectivity index (χ0v) is 18.8. The molecule has 0 bridgehead atoms. The lowest BCUT2D eigenvalue weighted by atomic mass is 9.95. The Bertz CT molecular complexity index is 824. The van der Waals surface area contributed by atoms with Crippen LogP contribution in [0.15, 0.2) is 54.6 Å². The molecular formula is C27H36N2O2. The number of rotatable bonds is 8. The lowest BCUT2D eigenvalue weighted by Crippen LogP contribution is -2.44. The number of hydrogen-bond donors (Lipinski definition) is 0. The molecule has 2 aromatic rings. The molecular weight excluding hydrogens is 384 g/mol. The van der Waals surface area contributed by atoms with E-state index in [1.165, 1.54) is 11.1 Å². The van der Waals surface area contributed by atoms with E-state index < -0.39 is 0 Å². The van der Waals surface area contributed by atoms with Crippen molar-refractivity contribution >= 4 is 5.91 Å². The third kappa shape index (κ3) is 6.41. The predicted octanol–water partition coefficient (Wildman–Crippen LogP) is 4.46. The van der Waals surface area contributed by atoms with Crippen LogP contribution < -0.4 is 0 Å². The van der Waals surface area contributed by atoms with E-state index in [2.05, 4.69) is 41.0 Å². The molecule has 2 fully saturated rings. The van der Waals surface area contributed by atoms with Gasteiger partial charge in [0.1, 0.15) is 0 Å². The van der Waals surface area contributed by atoms with Gasteiger partial charge in [0.15, 0.2) is 0 Å². The Kier molecular flexibility index (Phi) is 7.76. The second-order valence-electron chi connectivity index (χ2n) is 9.24. The summed E-state index contributed by atoms with van der Waals surface area (Å²) in [6, 6.07) is 18.8. The largest absolute Gasteiger partial charge is 0.376 e. The molecule has 0 saturated carbocycles. The highest BCUT2D eigenvalue weighted by atomic mass is 16.5. The summed E-state index contributed by atoms with van der Waals surface area (Å²) in [5.41, 5.74) is 3.90. The summed E-state index contributed by atoms with van der Waals surface area (Å²) < 4.78 is 5.87. The Morgan fingerprint density at radius 2 is 1.74 bits per heavy atom. The highest BCUT2D eigenvalue weighted by molar-refractivity contribution is 5.78. The molecule has 2 heterocycles. The molecule has 166 valence electrons. The Balaban J connectivity index is 1.32. The fourth-order valence-corrected chi connectivity index (χ4v) is 4.86. The molecule has 1 amide bonds. The van der Waals surface area contributed by atoms with Gasteiger partial charge >= 0.3 is 0 Å². The zero-order chi connectivity index (χ0) is 21.5. The second-order valence-corrected chi connectivity index (χ2v) is 9.24. The van der Waals surface area contributed by atoms with Crippen LogP contribution in [0.25, 0.3) is 0 Å². The molecule has 0 radical (unpaired) electrons. The molecule has 2 saturated heterocycles. The smallest absolute Gasteiger partial charge is 0.227 e. The molecule has 4 heteroatoms. The SMILES string of the molecule is Cc1ccccc1CN1CCC(CN(C[C@H]2CCCO2)C(=O)Cc2ccccc2)CC1. The number of aryl methyl sites for hydroxylation is 1.